The van der Waals surface area contributed by atoms with Crippen molar-refractivity contribution in [2.24, 2.45) is 11.7 Å². The van der Waals surface area contributed by atoms with Crippen LogP contribution in [0.4, 0.5) is 0 Å². The number of nitrogens with one attached hydrogen (secondary N) is 1. The van der Waals surface area contributed by atoms with Crippen LogP contribution in [0.3, 0.4) is 0 Å². The van der Waals surface area contributed by atoms with Crippen molar-refractivity contribution in [2.75, 3.05) is 6.54 Å². The Morgan fingerprint density at radius 3 is 3.05 bits per heavy atom. The molecule has 1 aliphatic carbocycles. The number of fused-ring (bicyclic) bond motifs is 1. The van der Waals surface area contributed by atoms with Crippen molar-refractivity contribution in [3.8, 4) is 0 Å². The molecule has 1 heterocycles. The molecule has 19 heavy (non-hydrogen) atoms. The fourth-order valence-electron chi connectivity index (χ4n) is 2.84. The van der Waals surface area contributed by atoms with Crippen molar-refractivity contribution in [1.82, 2.24) is 5.32 Å². The summed E-state index contributed by atoms with van der Waals surface area (Å²) in [6, 6.07) is 2.22. The van der Waals surface area contributed by atoms with Crippen molar-refractivity contribution in [3.63, 3.8) is 0 Å². The maximum absolute atomic E-state index is 12.4. The molecule has 0 saturated carbocycles. The second-order valence-electron chi connectivity index (χ2n) is 5.81. The van der Waals surface area contributed by atoms with Crippen molar-refractivity contribution >= 4 is 17.2 Å². The summed E-state index contributed by atoms with van der Waals surface area (Å²) < 4.78 is 0. The summed E-state index contributed by atoms with van der Waals surface area (Å²) in [4.78, 5) is 13.8. The molecule has 2 atom stereocenters. The Bertz CT molecular complexity index is 428. The van der Waals surface area contributed by atoms with E-state index in [1.807, 2.05) is 0 Å². The molecule has 0 aliphatic heterocycles. The molecule has 0 aromatic carbocycles. The van der Waals surface area contributed by atoms with E-state index in [-0.39, 0.29) is 17.9 Å². The predicted molar refractivity (Wildman–Crippen MR) is 80.4 cm³/mol. The lowest BCUT2D eigenvalue weighted by molar-refractivity contribution is -0.123. The highest BCUT2D eigenvalue weighted by atomic mass is 32.1. The van der Waals surface area contributed by atoms with E-state index in [0.717, 1.165) is 25.7 Å². The highest BCUT2D eigenvalue weighted by molar-refractivity contribution is 7.10. The van der Waals surface area contributed by atoms with Crippen molar-refractivity contribution in [1.29, 1.82) is 0 Å². The molecule has 2 unspecified atom stereocenters. The average Bonchev–Trinajstić information content (AvgIpc) is 2.85. The van der Waals surface area contributed by atoms with Crippen LogP contribution < -0.4 is 11.1 Å². The van der Waals surface area contributed by atoms with Gasteiger partial charge in [-0.05, 0) is 48.6 Å². The van der Waals surface area contributed by atoms with Gasteiger partial charge in [0.1, 0.15) is 0 Å². The van der Waals surface area contributed by atoms with Gasteiger partial charge in [-0.1, -0.05) is 13.8 Å². The molecule has 0 saturated heterocycles. The fourth-order valence-corrected chi connectivity index (χ4v) is 3.83. The first-order valence-corrected chi connectivity index (χ1v) is 8.06. The Labute approximate surface area is 119 Å². The largest absolute Gasteiger partial charge is 0.352 e. The third-order valence-electron chi connectivity index (χ3n) is 3.76. The second kappa shape index (κ2) is 6.53. The maximum Gasteiger partial charge on any atom is 0.227 e. The lowest BCUT2D eigenvalue weighted by Crippen LogP contribution is -2.43. The number of hydrogen-bond donors (Lipinski definition) is 2. The number of carbonyl (C=O) groups is 1. The van der Waals surface area contributed by atoms with Gasteiger partial charge >= 0.3 is 0 Å². The van der Waals surface area contributed by atoms with E-state index in [2.05, 4.69) is 30.6 Å². The van der Waals surface area contributed by atoms with Gasteiger partial charge in [-0.2, -0.15) is 0 Å². The molecule has 3 N–H and O–H groups in total. The lowest BCUT2D eigenvalue weighted by Gasteiger charge is -2.25. The van der Waals surface area contributed by atoms with Crippen LogP contribution >= 0.6 is 11.3 Å². The molecular formula is C15H24N2OS. The Hall–Kier alpha value is -0.870. The summed E-state index contributed by atoms with van der Waals surface area (Å²) in [6.45, 7) is 4.84. The molecule has 0 bridgehead atoms. The van der Waals surface area contributed by atoms with Crippen LogP contribution in [0.5, 0.6) is 0 Å². The zero-order valence-corrected chi connectivity index (χ0v) is 12.6. The van der Waals surface area contributed by atoms with Crippen LogP contribution in [0.1, 0.15) is 49.5 Å². The molecule has 1 aromatic rings. The van der Waals surface area contributed by atoms with Crippen LogP contribution in [0.25, 0.3) is 0 Å². The lowest BCUT2D eigenvalue weighted by atomic mass is 9.87. The van der Waals surface area contributed by atoms with Gasteiger partial charge in [0.25, 0.3) is 0 Å². The minimum Gasteiger partial charge on any atom is -0.352 e. The standard InChI is InChI=1S/C15H24N2OS/c1-10(2)8-11(9-16)17-15(18)13-4-3-5-14-12(13)6-7-19-14/h6-7,10-11,13H,3-5,8-9,16H2,1-2H3,(H,17,18). The molecule has 0 fully saturated rings. The molecule has 106 valence electrons. The number of carbonyl (C=O) groups excluding carboxylic acids is 1. The summed E-state index contributed by atoms with van der Waals surface area (Å²) >= 11 is 1.78. The summed E-state index contributed by atoms with van der Waals surface area (Å²) in [6.07, 6.45) is 4.16. The van der Waals surface area contributed by atoms with E-state index < -0.39 is 0 Å². The molecule has 4 heteroatoms. The second-order valence-corrected chi connectivity index (χ2v) is 6.82. The SMILES string of the molecule is CC(C)CC(CN)NC(=O)C1CCCc2sccc21. The number of amides is 1. The average molecular weight is 280 g/mol. The van der Waals surface area contributed by atoms with Crippen molar-refractivity contribution in [3.05, 3.63) is 21.9 Å². The number of aryl methyl sites for hydroxylation is 1. The monoisotopic (exact) mass is 280 g/mol. The number of nitrogens with two attached hydrogens (primary N) is 1. The summed E-state index contributed by atoms with van der Waals surface area (Å²) in [5.41, 5.74) is 7.01. The molecule has 1 aromatic heterocycles. The number of hydrogen-bond acceptors (Lipinski definition) is 3. The van der Waals surface area contributed by atoms with E-state index in [9.17, 15) is 4.79 Å². The summed E-state index contributed by atoms with van der Waals surface area (Å²) in [5, 5.41) is 5.24. The smallest absolute Gasteiger partial charge is 0.227 e. The maximum atomic E-state index is 12.4. The first kappa shape index (κ1) is 14.5. The van der Waals surface area contributed by atoms with Crippen molar-refractivity contribution < 1.29 is 4.79 Å². The fraction of sp³-hybridized carbons (Fsp3) is 0.667. The first-order valence-electron chi connectivity index (χ1n) is 7.18. The van der Waals surface area contributed by atoms with Gasteiger partial charge in [0, 0.05) is 17.5 Å². The summed E-state index contributed by atoms with van der Waals surface area (Å²) in [7, 11) is 0. The summed E-state index contributed by atoms with van der Waals surface area (Å²) in [5.74, 6) is 0.753. The molecule has 1 amide bonds. The Kier molecular flexibility index (Phi) is 4.99. The predicted octanol–water partition coefficient (Wildman–Crippen LogP) is 2.66. The van der Waals surface area contributed by atoms with Crippen molar-refractivity contribution in [2.45, 2.75) is 51.5 Å². The Balaban J connectivity index is 2.01. The van der Waals surface area contributed by atoms with E-state index in [1.165, 1.54) is 10.4 Å². The molecule has 3 nitrogen and oxygen atoms in total. The highest BCUT2D eigenvalue weighted by Gasteiger charge is 2.28. The van der Waals surface area contributed by atoms with Crippen LogP contribution in [-0.2, 0) is 11.2 Å². The van der Waals surface area contributed by atoms with Crippen LogP contribution in [0.2, 0.25) is 0 Å². The molecule has 2 rings (SSSR count). The van der Waals surface area contributed by atoms with E-state index >= 15 is 0 Å². The number of thiophene rings is 1. The van der Waals surface area contributed by atoms with Gasteiger partial charge < -0.3 is 11.1 Å². The Morgan fingerprint density at radius 1 is 1.58 bits per heavy atom. The highest BCUT2D eigenvalue weighted by Crippen LogP contribution is 2.35. The molecule has 1 aliphatic rings. The van der Waals surface area contributed by atoms with Gasteiger partial charge in [-0.15, -0.1) is 11.3 Å². The van der Waals surface area contributed by atoms with E-state index in [1.54, 1.807) is 11.3 Å². The van der Waals surface area contributed by atoms with Crippen LogP contribution in [-0.4, -0.2) is 18.5 Å². The minimum absolute atomic E-state index is 0.0382. The van der Waals surface area contributed by atoms with Gasteiger partial charge in [0.15, 0.2) is 0 Å². The van der Waals surface area contributed by atoms with Crippen LogP contribution in [0.15, 0.2) is 11.4 Å². The van der Waals surface area contributed by atoms with E-state index in [0.29, 0.717) is 12.5 Å². The zero-order valence-electron chi connectivity index (χ0n) is 11.8. The Morgan fingerprint density at radius 2 is 2.37 bits per heavy atom. The third-order valence-corrected chi connectivity index (χ3v) is 4.75. The molecule has 0 radical (unpaired) electrons. The molecular weight excluding hydrogens is 256 g/mol. The number of rotatable bonds is 5. The van der Waals surface area contributed by atoms with Gasteiger partial charge in [0.05, 0.1) is 5.92 Å². The normalized spacial score (nSPS) is 20.1. The first-order chi connectivity index (χ1) is 9.11. The zero-order chi connectivity index (χ0) is 13.8. The van der Waals surface area contributed by atoms with Gasteiger partial charge in [-0.25, -0.2) is 0 Å². The topological polar surface area (TPSA) is 55.1 Å². The minimum atomic E-state index is 0.0382. The van der Waals surface area contributed by atoms with Gasteiger partial charge in [0.2, 0.25) is 5.91 Å². The van der Waals surface area contributed by atoms with E-state index in [4.69, 9.17) is 5.73 Å². The van der Waals surface area contributed by atoms with Crippen LogP contribution in [0, 0.1) is 5.92 Å². The third kappa shape index (κ3) is 3.57. The quantitative estimate of drug-likeness (QED) is 0.871. The molecule has 0 spiro atoms. The van der Waals surface area contributed by atoms with Gasteiger partial charge in [-0.3, -0.25) is 4.79 Å².